The molecule has 0 aromatic heterocycles. The Hall–Kier alpha value is -0.110. The van der Waals surface area contributed by atoms with Gasteiger partial charge in [0.05, 0.1) is 25.4 Å². The third-order valence-corrected chi connectivity index (χ3v) is 4.19. The van der Waals surface area contributed by atoms with Crippen molar-refractivity contribution in [3.05, 3.63) is 0 Å². The fourth-order valence-corrected chi connectivity index (χ4v) is 3.16. The first-order chi connectivity index (χ1) is 9.49. The highest BCUT2D eigenvalue weighted by molar-refractivity contribution is 6.11. The van der Waals surface area contributed by atoms with Crippen LogP contribution in [-0.2, 0) is 14.3 Å². The van der Waals surface area contributed by atoms with Crippen LogP contribution in [0.25, 0.3) is 0 Å². The Morgan fingerprint density at radius 3 is 2.50 bits per heavy atom. The van der Waals surface area contributed by atoms with Crippen molar-refractivity contribution in [2.45, 2.75) is 43.1 Å². The third-order valence-electron chi connectivity index (χ3n) is 4.19. The van der Waals surface area contributed by atoms with Gasteiger partial charge in [-0.15, -0.1) is 0 Å². The molecule has 3 N–H and O–H groups in total. The van der Waals surface area contributed by atoms with Gasteiger partial charge in [-0.05, 0) is 12.8 Å². The summed E-state index contributed by atoms with van der Waals surface area (Å²) in [6.07, 6.45) is 1.73. The Morgan fingerprint density at radius 1 is 1.25 bits per heavy atom. The number of nitrogens with zero attached hydrogens (tertiary/aromatic N) is 1. The van der Waals surface area contributed by atoms with Crippen LogP contribution in [0.4, 0.5) is 0 Å². The van der Waals surface area contributed by atoms with E-state index in [1.165, 1.54) is 0 Å². The van der Waals surface area contributed by atoms with Crippen molar-refractivity contribution in [2.75, 3.05) is 26.8 Å². The van der Waals surface area contributed by atoms with Crippen molar-refractivity contribution >= 4 is 15.7 Å². The van der Waals surface area contributed by atoms with E-state index in [4.69, 9.17) is 20.0 Å². The third kappa shape index (κ3) is 4.19. The normalized spacial score (nSPS) is 41.6. The van der Waals surface area contributed by atoms with Gasteiger partial charge in [0, 0.05) is 37.6 Å². The topological polar surface area (TPSA) is 77.2 Å². The average molecular weight is 284 g/mol. The van der Waals surface area contributed by atoms with E-state index in [1.54, 1.807) is 0 Å². The van der Waals surface area contributed by atoms with Gasteiger partial charge in [-0.1, -0.05) is 0 Å². The molecule has 114 valence electrons. The molecule has 0 aromatic rings. The van der Waals surface area contributed by atoms with E-state index in [-0.39, 0.29) is 36.9 Å². The van der Waals surface area contributed by atoms with Crippen LogP contribution < -0.4 is 5.73 Å². The minimum Gasteiger partial charge on any atom is -0.394 e. The number of aliphatic hydroxyl groups excluding tert-OH is 1. The van der Waals surface area contributed by atoms with Crippen LogP contribution in [-0.4, -0.2) is 82.9 Å². The Balaban J connectivity index is 1.71. The molecule has 20 heavy (non-hydrogen) atoms. The highest BCUT2D eigenvalue weighted by Gasteiger charge is 2.34. The second-order valence-electron chi connectivity index (χ2n) is 6.15. The van der Waals surface area contributed by atoms with E-state index in [0.717, 1.165) is 19.4 Å². The van der Waals surface area contributed by atoms with Crippen LogP contribution in [0.15, 0.2) is 0 Å². The fraction of sp³-hybridized carbons (Fsp3) is 1.00. The van der Waals surface area contributed by atoms with Crippen molar-refractivity contribution in [1.29, 1.82) is 0 Å². The molecule has 6 atom stereocenters. The quantitative estimate of drug-likeness (QED) is 0.408. The lowest BCUT2D eigenvalue weighted by Crippen LogP contribution is -2.38. The zero-order valence-electron chi connectivity index (χ0n) is 12.7. The standard InChI is InChI=1S/C12H26B2N2O4/c1-16(4-7-2-11(13)19-9(7)5-17)18-6-10-8(15)3-12(14)20-10/h7-12,17H,2-6,13-15H2,1H3/t7?,8?,9-,10-,11-,12-/m1/s1. The Kier molecular flexibility index (Phi) is 5.89. The zero-order valence-corrected chi connectivity index (χ0v) is 12.7. The summed E-state index contributed by atoms with van der Waals surface area (Å²) in [6.45, 7) is 1.29. The van der Waals surface area contributed by atoms with Gasteiger partial charge in [0.1, 0.15) is 15.7 Å². The largest absolute Gasteiger partial charge is 0.394 e. The molecule has 2 aliphatic rings. The van der Waals surface area contributed by atoms with Gasteiger partial charge in [-0.3, -0.25) is 4.84 Å². The predicted octanol–water partition coefficient (Wildman–Crippen LogP) is -2.72. The molecule has 0 amide bonds. The van der Waals surface area contributed by atoms with Gasteiger partial charge in [0.15, 0.2) is 0 Å². The summed E-state index contributed by atoms with van der Waals surface area (Å²) in [5.74, 6) is 0.303. The average Bonchev–Trinajstić information content (AvgIpc) is 2.89. The number of hydrogen-bond acceptors (Lipinski definition) is 6. The maximum Gasteiger partial charge on any atom is 0.139 e. The van der Waals surface area contributed by atoms with Crippen LogP contribution >= 0.6 is 0 Å². The predicted molar refractivity (Wildman–Crippen MR) is 80.8 cm³/mol. The molecule has 0 saturated carbocycles. The molecule has 6 nitrogen and oxygen atoms in total. The van der Waals surface area contributed by atoms with Gasteiger partial charge in [0.25, 0.3) is 0 Å². The summed E-state index contributed by atoms with van der Waals surface area (Å²) < 4.78 is 11.4. The summed E-state index contributed by atoms with van der Waals surface area (Å²) in [7, 11) is 5.98. The molecule has 0 radical (unpaired) electrons. The molecule has 2 saturated heterocycles. The first kappa shape index (κ1) is 16.3. The molecule has 0 bridgehead atoms. The van der Waals surface area contributed by atoms with Gasteiger partial charge in [-0.25, -0.2) is 0 Å². The molecule has 0 spiro atoms. The molecule has 0 aliphatic carbocycles. The number of rotatable bonds is 6. The van der Waals surface area contributed by atoms with Gasteiger partial charge in [0.2, 0.25) is 0 Å². The summed E-state index contributed by atoms with van der Waals surface area (Å²) in [5, 5.41) is 11.1. The highest BCUT2D eigenvalue weighted by Crippen LogP contribution is 2.25. The lowest BCUT2D eigenvalue weighted by atomic mass is 9.91. The van der Waals surface area contributed by atoms with Gasteiger partial charge < -0.3 is 20.3 Å². The second-order valence-corrected chi connectivity index (χ2v) is 6.15. The maximum atomic E-state index is 9.31. The van der Waals surface area contributed by atoms with Crippen molar-refractivity contribution in [1.82, 2.24) is 5.06 Å². The van der Waals surface area contributed by atoms with E-state index < -0.39 is 0 Å². The van der Waals surface area contributed by atoms with E-state index in [1.807, 2.05) is 27.8 Å². The Labute approximate surface area is 122 Å². The van der Waals surface area contributed by atoms with Crippen molar-refractivity contribution in [3.8, 4) is 0 Å². The minimum atomic E-state index is -0.0824. The number of ether oxygens (including phenoxy) is 2. The van der Waals surface area contributed by atoms with Crippen LogP contribution in [0, 0.1) is 5.92 Å². The first-order valence-electron chi connectivity index (χ1n) is 7.51. The van der Waals surface area contributed by atoms with Crippen LogP contribution in [0.3, 0.4) is 0 Å². The van der Waals surface area contributed by atoms with E-state index in [0.29, 0.717) is 12.5 Å². The fourth-order valence-electron chi connectivity index (χ4n) is 3.16. The highest BCUT2D eigenvalue weighted by atomic mass is 16.7. The molecule has 2 heterocycles. The number of hydroxylamine groups is 2. The molecule has 0 aromatic carbocycles. The molecular formula is C12H26B2N2O4. The van der Waals surface area contributed by atoms with Gasteiger partial charge >= 0.3 is 0 Å². The first-order valence-corrected chi connectivity index (χ1v) is 7.51. The van der Waals surface area contributed by atoms with Gasteiger partial charge in [-0.2, -0.15) is 5.06 Å². The van der Waals surface area contributed by atoms with Crippen LogP contribution in [0.5, 0.6) is 0 Å². The number of aliphatic hydroxyl groups is 1. The van der Waals surface area contributed by atoms with Crippen LogP contribution in [0.1, 0.15) is 12.8 Å². The zero-order chi connectivity index (χ0) is 14.7. The smallest absolute Gasteiger partial charge is 0.139 e. The molecular weight excluding hydrogens is 258 g/mol. The lowest BCUT2D eigenvalue weighted by molar-refractivity contribution is -0.174. The molecule has 2 fully saturated rings. The van der Waals surface area contributed by atoms with E-state index in [9.17, 15) is 5.11 Å². The molecule has 8 heteroatoms. The molecule has 2 rings (SSSR count). The number of nitrogens with two attached hydrogens (primary N) is 1. The number of hydrogen-bond donors (Lipinski definition) is 2. The Morgan fingerprint density at radius 2 is 1.90 bits per heavy atom. The summed E-state index contributed by atoms with van der Waals surface area (Å²) in [6, 6.07) is 0.475. The Bertz CT molecular complexity index is 313. The minimum absolute atomic E-state index is 0.0279. The molecule has 2 unspecified atom stereocenters. The maximum absolute atomic E-state index is 9.31. The van der Waals surface area contributed by atoms with E-state index >= 15 is 0 Å². The van der Waals surface area contributed by atoms with Crippen molar-refractivity contribution < 1.29 is 19.4 Å². The van der Waals surface area contributed by atoms with Crippen molar-refractivity contribution in [3.63, 3.8) is 0 Å². The second kappa shape index (κ2) is 7.24. The monoisotopic (exact) mass is 284 g/mol. The summed E-state index contributed by atoms with van der Waals surface area (Å²) in [5.41, 5.74) is 6.00. The van der Waals surface area contributed by atoms with Crippen molar-refractivity contribution in [2.24, 2.45) is 11.7 Å². The summed E-state index contributed by atoms with van der Waals surface area (Å²) in [4.78, 5) is 5.73. The lowest BCUT2D eigenvalue weighted by Gasteiger charge is -2.25. The summed E-state index contributed by atoms with van der Waals surface area (Å²) >= 11 is 0. The molecule has 2 aliphatic heterocycles. The SMILES string of the molecule is B[C@H]1CC(N)[C@@H](CON(C)CC2C[C@H](B)O[C@@H]2CO)O1. The van der Waals surface area contributed by atoms with Crippen LogP contribution in [0.2, 0.25) is 0 Å². The van der Waals surface area contributed by atoms with E-state index in [2.05, 4.69) is 0 Å².